The van der Waals surface area contributed by atoms with Crippen molar-refractivity contribution in [3.05, 3.63) is 47.1 Å². The molecule has 0 spiro atoms. The van der Waals surface area contributed by atoms with E-state index < -0.39 is 6.09 Å². The van der Waals surface area contributed by atoms with Crippen LogP contribution in [0.1, 0.15) is 12.5 Å². The zero-order chi connectivity index (χ0) is 15.2. The van der Waals surface area contributed by atoms with E-state index in [1.54, 1.807) is 25.3 Å². The number of hydrogen-bond donors (Lipinski definition) is 2. The van der Waals surface area contributed by atoms with Crippen LogP contribution in [-0.4, -0.2) is 17.7 Å². The summed E-state index contributed by atoms with van der Waals surface area (Å²) in [6, 6.07) is 9.10. The molecule has 1 heterocycles. The molecule has 0 aliphatic heterocycles. The van der Waals surface area contributed by atoms with Gasteiger partial charge in [-0.3, -0.25) is 5.32 Å². The van der Waals surface area contributed by atoms with Gasteiger partial charge >= 0.3 is 6.09 Å². The van der Waals surface area contributed by atoms with E-state index in [2.05, 4.69) is 15.6 Å². The van der Waals surface area contributed by atoms with Crippen molar-refractivity contribution < 1.29 is 9.53 Å². The standard InChI is InChI=1S/C15H16ClN3O2/c1-3-21-15(20)18-12-5-7-14(17-9-12)19-13-6-4-11(16)8-10(13)2/h4-9H,3H2,1-2H3,(H,17,19)(H,18,20). The zero-order valence-corrected chi connectivity index (χ0v) is 12.6. The van der Waals surface area contributed by atoms with Crippen LogP contribution < -0.4 is 10.6 Å². The lowest BCUT2D eigenvalue weighted by Gasteiger charge is -2.10. The Morgan fingerprint density at radius 2 is 2.14 bits per heavy atom. The number of aromatic nitrogens is 1. The number of anilines is 3. The van der Waals surface area contributed by atoms with Gasteiger partial charge in [0.2, 0.25) is 0 Å². The minimum atomic E-state index is -0.492. The van der Waals surface area contributed by atoms with E-state index >= 15 is 0 Å². The molecule has 0 radical (unpaired) electrons. The summed E-state index contributed by atoms with van der Waals surface area (Å²) in [5.41, 5.74) is 2.53. The summed E-state index contributed by atoms with van der Waals surface area (Å²) < 4.78 is 4.79. The number of rotatable bonds is 4. The van der Waals surface area contributed by atoms with Crippen molar-refractivity contribution in [1.82, 2.24) is 4.98 Å². The maximum Gasteiger partial charge on any atom is 0.411 e. The third-order valence-corrected chi connectivity index (χ3v) is 2.97. The molecule has 5 nitrogen and oxygen atoms in total. The molecule has 0 fully saturated rings. The minimum absolute atomic E-state index is 0.328. The van der Waals surface area contributed by atoms with Crippen molar-refractivity contribution in [2.45, 2.75) is 13.8 Å². The number of nitrogens with one attached hydrogen (secondary N) is 2. The van der Waals surface area contributed by atoms with E-state index in [1.165, 1.54) is 0 Å². The summed E-state index contributed by atoms with van der Waals surface area (Å²) in [5, 5.41) is 6.47. The van der Waals surface area contributed by atoms with Crippen LogP contribution in [0.2, 0.25) is 5.02 Å². The normalized spacial score (nSPS) is 10.0. The summed E-state index contributed by atoms with van der Waals surface area (Å²) in [5.74, 6) is 0.676. The van der Waals surface area contributed by atoms with Gasteiger partial charge in [-0.25, -0.2) is 9.78 Å². The summed E-state index contributed by atoms with van der Waals surface area (Å²) in [7, 11) is 0. The van der Waals surface area contributed by atoms with Gasteiger partial charge in [0.25, 0.3) is 0 Å². The first-order valence-corrected chi connectivity index (χ1v) is 6.89. The number of nitrogens with zero attached hydrogens (tertiary/aromatic N) is 1. The van der Waals surface area contributed by atoms with Gasteiger partial charge in [0.05, 0.1) is 18.5 Å². The smallest absolute Gasteiger partial charge is 0.411 e. The SMILES string of the molecule is CCOC(=O)Nc1ccc(Nc2ccc(Cl)cc2C)nc1. The van der Waals surface area contributed by atoms with Crippen LogP contribution in [0.15, 0.2) is 36.5 Å². The molecular formula is C15H16ClN3O2. The van der Waals surface area contributed by atoms with Crippen LogP contribution in [0.25, 0.3) is 0 Å². The topological polar surface area (TPSA) is 63.2 Å². The molecule has 2 rings (SSSR count). The molecule has 1 aromatic heterocycles. The van der Waals surface area contributed by atoms with E-state index in [-0.39, 0.29) is 0 Å². The number of aryl methyl sites for hydroxylation is 1. The number of halogens is 1. The fourth-order valence-electron chi connectivity index (χ4n) is 1.73. The Labute approximate surface area is 128 Å². The van der Waals surface area contributed by atoms with Crippen molar-refractivity contribution in [3.8, 4) is 0 Å². The molecule has 1 aromatic carbocycles. The highest BCUT2D eigenvalue weighted by Gasteiger charge is 2.04. The lowest BCUT2D eigenvalue weighted by Crippen LogP contribution is -2.13. The fraction of sp³-hybridized carbons (Fsp3) is 0.200. The second-order valence-corrected chi connectivity index (χ2v) is 4.80. The highest BCUT2D eigenvalue weighted by Crippen LogP contribution is 2.23. The Balaban J connectivity index is 2.03. The van der Waals surface area contributed by atoms with Crippen molar-refractivity contribution in [2.75, 3.05) is 17.2 Å². The summed E-state index contributed by atoms with van der Waals surface area (Å²) in [6.45, 7) is 4.04. The third kappa shape index (κ3) is 4.36. The Bertz CT molecular complexity index is 629. The molecule has 2 N–H and O–H groups in total. The number of carbonyl (C=O) groups excluding carboxylic acids is 1. The lowest BCUT2D eigenvalue weighted by atomic mass is 10.2. The molecule has 0 aliphatic carbocycles. The van der Waals surface area contributed by atoms with Gasteiger partial charge in [-0.05, 0) is 49.7 Å². The van der Waals surface area contributed by atoms with Crippen molar-refractivity contribution >= 4 is 34.9 Å². The van der Waals surface area contributed by atoms with E-state index in [1.807, 2.05) is 25.1 Å². The number of hydrogen-bond acceptors (Lipinski definition) is 4. The third-order valence-electron chi connectivity index (χ3n) is 2.74. The average molecular weight is 306 g/mol. The maximum atomic E-state index is 11.3. The average Bonchev–Trinajstić information content (AvgIpc) is 2.44. The van der Waals surface area contributed by atoms with Crippen LogP contribution in [0, 0.1) is 6.92 Å². The highest BCUT2D eigenvalue weighted by atomic mass is 35.5. The van der Waals surface area contributed by atoms with Crippen LogP contribution in [-0.2, 0) is 4.74 Å². The van der Waals surface area contributed by atoms with Crippen LogP contribution in [0.4, 0.5) is 22.0 Å². The number of ether oxygens (including phenoxy) is 1. The first-order chi connectivity index (χ1) is 10.1. The zero-order valence-electron chi connectivity index (χ0n) is 11.8. The molecule has 0 unspecified atom stereocenters. The Kier molecular flexibility index (Phi) is 5.00. The Morgan fingerprint density at radius 3 is 2.76 bits per heavy atom. The quantitative estimate of drug-likeness (QED) is 0.881. The molecule has 0 atom stereocenters. The van der Waals surface area contributed by atoms with Gasteiger partial charge in [-0.2, -0.15) is 0 Å². The molecule has 0 saturated carbocycles. The second-order valence-electron chi connectivity index (χ2n) is 4.36. The van der Waals surface area contributed by atoms with Crippen molar-refractivity contribution in [3.63, 3.8) is 0 Å². The molecule has 2 aromatic rings. The molecule has 1 amide bonds. The molecule has 6 heteroatoms. The fourth-order valence-corrected chi connectivity index (χ4v) is 1.96. The first-order valence-electron chi connectivity index (χ1n) is 6.51. The maximum absolute atomic E-state index is 11.3. The minimum Gasteiger partial charge on any atom is -0.450 e. The predicted octanol–water partition coefficient (Wildman–Crippen LogP) is 4.36. The number of pyridine rings is 1. The van der Waals surface area contributed by atoms with Crippen LogP contribution >= 0.6 is 11.6 Å². The highest BCUT2D eigenvalue weighted by molar-refractivity contribution is 6.30. The van der Waals surface area contributed by atoms with Crippen molar-refractivity contribution in [2.24, 2.45) is 0 Å². The Hall–Kier alpha value is -2.27. The van der Waals surface area contributed by atoms with Gasteiger partial charge < -0.3 is 10.1 Å². The number of carbonyl (C=O) groups is 1. The summed E-state index contributed by atoms with van der Waals surface area (Å²) in [4.78, 5) is 15.5. The summed E-state index contributed by atoms with van der Waals surface area (Å²) in [6.07, 6.45) is 1.07. The van der Waals surface area contributed by atoms with Gasteiger partial charge in [0.15, 0.2) is 0 Å². The van der Waals surface area contributed by atoms with E-state index in [9.17, 15) is 4.79 Å². The van der Waals surface area contributed by atoms with Crippen LogP contribution in [0.3, 0.4) is 0 Å². The Morgan fingerprint density at radius 1 is 1.33 bits per heavy atom. The number of amides is 1. The molecule has 21 heavy (non-hydrogen) atoms. The van der Waals surface area contributed by atoms with E-state index in [4.69, 9.17) is 16.3 Å². The predicted molar refractivity (Wildman–Crippen MR) is 84.4 cm³/mol. The lowest BCUT2D eigenvalue weighted by molar-refractivity contribution is 0.168. The van der Waals surface area contributed by atoms with Gasteiger partial charge in [0.1, 0.15) is 5.82 Å². The second kappa shape index (κ2) is 6.95. The van der Waals surface area contributed by atoms with Gasteiger partial charge in [-0.1, -0.05) is 11.6 Å². The first kappa shape index (κ1) is 15.1. The van der Waals surface area contributed by atoms with E-state index in [0.29, 0.717) is 23.1 Å². The van der Waals surface area contributed by atoms with Gasteiger partial charge in [0, 0.05) is 10.7 Å². The van der Waals surface area contributed by atoms with Gasteiger partial charge in [-0.15, -0.1) is 0 Å². The molecule has 0 saturated heterocycles. The molecule has 0 aliphatic rings. The molecular weight excluding hydrogens is 290 g/mol. The number of benzene rings is 1. The monoisotopic (exact) mass is 305 g/mol. The van der Waals surface area contributed by atoms with E-state index in [0.717, 1.165) is 11.3 Å². The molecule has 0 bridgehead atoms. The largest absolute Gasteiger partial charge is 0.450 e. The summed E-state index contributed by atoms with van der Waals surface area (Å²) >= 11 is 5.92. The van der Waals surface area contributed by atoms with Crippen molar-refractivity contribution in [1.29, 1.82) is 0 Å². The molecule has 110 valence electrons. The van der Waals surface area contributed by atoms with Crippen LogP contribution in [0.5, 0.6) is 0 Å².